The highest BCUT2D eigenvalue weighted by Gasteiger charge is 2.21. The molecule has 5 heteroatoms. The number of aryl methyl sites for hydroxylation is 3. The third-order valence-corrected chi connectivity index (χ3v) is 4.99. The van der Waals surface area contributed by atoms with Gasteiger partial charge in [0.15, 0.2) is 5.96 Å². The molecule has 0 aliphatic heterocycles. The molecule has 1 aromatic rings. The van der Waals surface area contributed by atoms with Crippen LogP contribution in [0.5, 0.6) is 0 Å². The maximum atomic E-state index is 4.50. The fourth-order valence-corrected chi connectivity index (χ4v) is 3.48. The summed E-state index contributed by atoms with van der Waals surface area (Å²) in [6, 6.07) is 2.12. The molecule has 2 rings (SSSR count). The number of aliphatic imine (C=N–C) groups is 1. The fourth-order valence-electron chi connectivity index (χ4n) is 3.48. The largest absolute Gasteiger partial charge is 0.356 e. The molecule has 2 atom stereocenters. The van der Waals surface area contributed by atoms with Crippen molar-refractivity contribution >= 4 is 5.96 Å². The Morgan fingerprint density at radius 3 is 2.74 bits per heavy atom. The molecular weight excluding hydrogens is 286 g/mol. The van der Waals surface area contributed by atoms with Crippen LogP contribution in [-0.4, -0.2) is 35.9 Å². The minimum Gasteiger partial charge on any atom is -0.356 e. The highest BCUT2D eigenvalue weighted by molar-refractivity contribution is 5.79. The molecule has 0 saturated heterocycles. The van der Waals surface area contributed by atoms with E-state index in [4.69, 9.17) is 0 Å². The van der Waals surface area contributed by atoms with Gasteiger partial charge < -0.3 is 10.6 Å². The summed E-state index contributed by atoms with van der Waals surface area (Å²) < 4.78 is 2.08. The van der Waals surface area contributed by atoms with Gasteiger partial charge in [0.25, 0.3) is 0 Å². The van der Waals surface area contributed by atoms with E-state index in [1.54, 1.807) is 0 Å². The van der Waals surface area contributed by atoms with Crippen LogP contribution < -0.4 is 10.6 Å². The van der Waals surface area contributed by atoms with E-state index >= 15 is 0 Å². The van der Waals surface area contributed by atoms with Crippen LogP contribution >= 0.6 is 0 Å². The van der Waals surface area contributed by atoms with Gasteiger partial charge in [-0.15, -0.1) is 0 Å². The molecule has 0 spiro atoms. The first kappa shape index (κ1) is 17.8. The van der Waals surface area contributed by atoms with Crippen LogP contribution in [0.4, 0.5) is 0 Å². The molecule has 23 heavy (non-hydrogen) atoms. The Bertz CT molecular complexity index is 506. The van der Waals surface area contributed by atoms with Crippen LogP contribution in [0.3, 0.4) is 0 Å². The van der Waals surface area contributed by atoms with Gasteiger partial charge in [0.05, 0.1) is 5.69 Å². The van der Waals surface area contributed by atoms with E-state index in [0.29, 0.717) is 0 Å². The molecule has 5 nitrogen and oxygen atoms in total. The third kappa shape index (κ3) is 5.56. The summed E-state index contributed by atoms with van der Waals surface area (Å²) >= 11 is 0. The van der Waals surface area contributed by atoms with Crippen molar-refractivity contribution in [1.82, 2.24) is 20.4 Å². The van der Waals surface area contributed by atoms with Crippen LogP contribution in [-0.2, 0) is 6.54 Å². The zero-order valence-corrected chi connectivity index (χ0v) is 15.2. The van der Waals surface area contributed by atoms with Gasteiger partial charge in [0, 0.05) is 32.4 Å². The van der Waals surface area contributed by atoms with Crippen LogP contribution in [0.15, 0.2) is 11.1 Å². The number of hydrogen-bond donors (Lipinski definition) is 2. The van der Waals surface area contributed by atoms with Crippen LogP contribution in [0.2, 0.25) is 0 Å². The zero-order valence-electron chi connectivity index (χ0n) is 15.2. The van der Waals surface area contributed by atoms with Gasteiger partial charge in [0.2, 0.25) is 0 Å². The first-order valence-electron chi connectivity index (χ1n) is 9.05. The topological polar surface area (TPSA) is 54.2 Å². The van der Waals surface area contributed by atoms with E-state index in [2.05, 4.69) is 45.3 Å². The molecule has 2 N–H and O–H groups in total. The Morgan fingerprint density at radius 1 is 1.30 bits per heavy atom. The lowest BCUT2D eigenvalue weighted by atomic mass is 9.80. The van der Waals surface area contributed by atoms with E-state index in [0.717, 1.165) is 49.5 Å². The quantitative estimate of drug-likeness (QED) is 0.481. The average Bonchev–Trinajstić information content (AvgIpc) is 2.86. The molecular formula is C18H33N5. The Kier molecular flexibility index (Phi) is 6.93. The Labute approximate surface area is 141 Å². The average molecular weight is 319 g/mol. The SMILES string of the molecule is CN=C(NCCCn1nc(C)cc1C)NCC1CCCCC1C. The van der Waals surface area contributed by atoms with Gasteiger partial charge in [-0.25, -0.2) is 0 Å². The smallest absolute Gasteiger partial charge is 0.190 e. The molecule has 1 aliphatic carbocycles. The predicted octanol–water partition coefficient (Wildman–Crippen LogP) is 2.88. The zero-order chi connectivity index (χ0) is 16.7. The van der Waals surface area contributed by atoms with Crippen LogP contribution in [0, 0.1) is 25.7 Å². The van der Waals surface area contributed by atoms with Gasteiger partial charge in [-0.2, -0.15) is 5.10 Å². The summed E-state index contributed by atoms with van der Waals surface area (Å²) in [6.07, 6.45) is 6.55. The van der Waals surface area contributed by atoms with Gasteiger partial charge in [-0.05, 0) is 44.6 Å². The molecule has 1 aliphatic rings. The molecule has 0 bridgehead atoms. The standard InChI is InChI=1S/C18H33N5/c1-14-8-5-6-9-17(14)13-21-18(19-4)20-10-7-11-23-16(3)12-15(2)22-23/h12,14,17H,5-11,13H2,1-4H3,(H2,19,20,21). The first-order valence-corrected chi connectivity index (χ1v) is 9.05. The van der Waals surface area contributed by atoms with Crippen LogP contribution in [0.25, 0.3) is 0 Å². The number of hydrogen-bond acceptors (Lipinski definition) is 2. The summed E-state index contributed by atoms with van der Waals surface area (Å²) in [7, 11) is 1.85. The van der Waals surface area contributed by atoms with Gasteiger partial charge >= 0.3 is 0 Å². The lowest BCUT2D eigenvalue weighted by Crippen LogP contribution is -2.41. The van der Waals surface area contributed by atoms with Crippen molar-refractivity contribution in [3.8, 4) is 0 Å². The number of nitrogens with zero attached hydrogens (tertiary/aromatic N) is 3. The summed E-state index contributed by atoms with van der Waals surface area (Å²) in [4.78, 5) is 4.34. The monoisotopic (exact) mass is 319 g/mol. The highest BCUT2D eigenvalue weighted by atomic mass is 15.3. The maximum Gasteiger partial charge on any atom is 0.190 e. The van der Waals surface area contributed by atoms with E-state index < -0.39 is 0 Å². The number of aromatic nitrogens is 2. The fraction of sp³-hybridized carbons (Fsp3) is 0.778. The molecule has 1 saturated carbocycles. The number of rotatable bonds is 6. The molecule has 1 aromatic heterocycles. The van der Waals surface area contributed by atoms with Crippen molar-refractivity contribution in [3.63, 3.8) is 0 Å². The summed E-state index contributed by atoms with van der Waals surface area (Å²) in [6.45, 7) is 9.44. The van der Waals surface area contributed by atoms with Crippen LogP contribution in [0.1, 0.15) is 50.4 Å². The van der Waals surface area contributed by atoms with Crippen molar-refractivity contribution in [2.75, 3.05) is 20.1 Å². The summed E-state index contributed by atoms with van der Waals surface area (Å²) in [5, 5.41) is 11.4. The molecule has 2 unspecified atom stereocenters. The van der Waals surface area contributed by atoms with Crippen molar-refractivity contribution in [2.45, 2.75) is 59.4 Å². The lowest BCUT2D eigenvalue weighted by Gasteiger charge is -2.29. The minimum absolute atomic E-state index is 0.789. The molecule has 1 heterocycles. The van der Waals surface area contributed by atoms with Gasteiger partial charge in [-0.3, -0.25) is 9.67 Å². The Hall–Kier alpha value is -1.52. The Morgan fingerprint density at radius 2 is 2.09 bits per heavy atom. The number of nitrogens with one attached hydrogen (secondary N) is 2. The van der Waals surface area contributed by atoms with Crippen molar-refractivity contribution in [1.29, 1.82) is 0 Å². The predicted molar refractivity (Wildman–Crippen MR) is 96.8 cm³/mol. The molecule has 0 amide bonds. The van der Waals surface area contributed by atoms with E-state index in [-0.39, 0.29) is 0 Å². The number of guanidine groups is 1. The molecule has 0 radical (unpaired) electrons. The highest BCUT2D eigenvalue weighted by Crippen LogP contribution is 2.28. The van der Waals surface area contributed by atoms with Gasteiger partial charge in [-0.1, -0.05) is 26.2 Å². The van der Waals surface area contributed by atoms with Gasteiger partial charge in [0.1, 0.15) is 0 Å². The normalized spacial score (nSPS) is 22.2. The molecule has 0 aromatic carbocycles. The molecule has 130 valence electrons. The maximum absolute atomic E-state index is 4.50. The second kappa shape index (κ2) is 8.94. The van der Waals surface area contributed by atoms with Crippen molar-refractivity contribution in [3.05, 3.63) is 17.5 Å². The summed E-state index contributed by atoms with van der Waals surface area (Å²) in [5.41, 5.74) is 2.32. The second-order valence-electron chi connectivity index (χ2n) is 6.91. The van der Waals surface area contributed by atoms with E-state index in [1.807, 2.05) is 14.0 Å². The third-order valence-electron chi connectivity index (χ3n) is 4.99. The first-order chi connectivity index (χ1) is 11.1. The lowest BCUT2D eigenvalue weighted by molar-refractivity contribution is 0.256. The van der Waals surface area contributed by atoms with Crippen molar-refractivity contribution in [2.24, 2.45) is 16.8 Å². The van der Waals surface area contributed by atoms with E-state index in [1.165, 1.54) is 31.4 Å². The molecule has 1 fully saturated rings. The summed E-state index contributed by atoms with van der Waals surface area (Å²) in [5.74, 6) is 2.55. The van der Waals surface area contributed by atoms with Crippen molar-refractivity contribution < 1.29 is 0 Å². The van der Waals surface area contributed by atoms with E-state index in [9.17, 15) is 0 Å². The Balaban J connectivity index is 1.66. The second-order valence-corrected chi connectivity index (χ2v) is 6.91. The minimum atomic E-state index is 0.789.